The van der Waals surface area contributed by atoms with Gasteiger partial charge >= 0.3 is 0 Å². The molecule has 0 aromatic carbocycles. The Balaban J connectivity index is 2.25. The summed E-state index contributed by atoms with van der Waals surface area (Å²) in [6, 6.07) is 0. The number of aliphatic hydroxyl groups is 2. The van der Waals surface area contributed by atoms with Crippen LogP contribution in [0.2, 0.25) is 0 Å². The molecule has 3 heteroatoms. The van der Waals surface area contributed by atoms with Crippen LogP contribution in [-0.2, 0) is 0 Å². The number of hydrogen-bond acceptors (Lipinski definition) is 3. The molecule has 0 amide bonds. The number of nitrogens with zero attached hydrogens (tertiary/aromatic N) is 1. The number of hydrogen-bond donors (Lipinski definition) is 2. The summed E-state index contributed by atoms with van der Waals surface area (Å²) in [6.07, 6.45) is 2.82. The van der Waals surface area contributed by atoms with Gasteiger partial charge in [0.25, 0.3) is 0 Å². The summed E-state index contributed by atoms with van der Waals surface area (Å²) in [5.74, 6) is 0. The highest BCUT2D eigenvalue weighted by Crippen LogP contribution is 2.13. The van der Waals surface area contributed by atoms with E-state index in [1.807, 2.05) is 4.90 Å². The maximum Gasteiger partial charge on any atom is 0.107 e. The van der Waals surface area contributed by atoms with Gasteiger partial charge in [-0.3, -0.25) is 4.90 Å². The lowest BCUT2D eigenvalue weighted by Crippen LogP contribution is -2.40. The molecule has 2 N–H and O–H groups in total. The van der Waals surface area contributed by atoms with Crippen molar-refractivity contribution in [3.63, 3.8) is 0 Å². The number of β-amino-alcohol motifs (C(OH)–C–C–N with tert-alkyl or cyclic N) is 1. The minimum absolute atomic E-state index is 0.150. The van der Waals surface area contributed by atoms with Gasteiger partial charge in [-0.1, -0.05) is 0 Å². The molecular weight excluding hydrogens is 130 g/mol. The van der Waals surface area contributed by atoms with Gasteiger partial charge in [0, 0.05) is 13.1 Å². The van der Waals surface area contributed by atoms with Crippen molar-refractivity contribution in [3.8, 4) is 0 Å². The monoisotopic (exact) mass is 145 g/mol. The molecule has 0 spiro atoms. The van der Waals surface area contributed by atoms with Crippen molar-refractivity contribution in [1.29, 1.82) is 0 Å². The summed E-state index contributed by atoms with van der Waals surface area (Å²) in [6.45, 7) is 1.69. The van der Waals surface area contributed by atoms with Gasteiger partial charge in [-0.05, 0) is 19.3 Å². The van der Waals surface area contributed by atoms with Crippen molar-refractivity contribution < 1.29 is 10.2 Å². The van der Waals surface area contributed by atoms with E-state index in [-0.39, 0.29) is 12.8 Å². The SMILES string of the molecule is OCCN1CCCCC1O. The third kappa shape index (κ3) is 1.94. The van der Waals surface area contributed by atoms with Gasteiger partial charge in [0.15, 0.2) is 0 Å². The van der Waals surface area contributed by atoms with Crippen molar-refractivity contribution in [1.82, 2.24) is 4.90 Å². The first-order valence-electron chi connectivity index (χ1n) is 3.87. The summed E-state index contributed by atoms with van der Waals surface area (Å²) < 4.78 is 0. The fourth-order valence-electron chi connectivity index (χ4n) is 1.36. The fourth-order valence-corrected chi connectivity index (χ4v) is 1.36. The van der Waals surface area contributed by atoms with Gasteiger partial charge in [-0.15, -0.1) is 0 Å². The summed E-state index contributed by atoms with van der Waals surface area (Å²) >= 11 is 0. The molecule has 0 radical (unpaired) electrons. The van der Waals surface area contributed by atoms with Gasteiger partial charge in [-0.2, -0.15) is 0 Å². The Bertz CT molecular complexity index is 95.6. The largest absolute Gasteiger partial charge is 0.395 e. The van der Waals surface area contributed by atoms with Crippen molar-refractivity contribution in [2.75, 3.05) is 19.7 Å². The zero-order chi connectivity index (χ0) is 7.40. The number of rotatable bonds is 2. The Kier molecular flexibility index (Phi) is 3.12. The molecule has 0 bridgehead atoms. The standard InChI is InChI=1S/C7H15NO2/c9-6-5-8-4-2-1-3-7(8)10/h7,9-10H,1-6H2. The fraction of sp³-hybridized carbons (Fsp3) is 1.00. The molecule has 0 aromatic heterocycles. The van der Waals surface area contributed by atoms with E-state index in [9.17, 15) is 5.11 Å². The molecule has 0 aliphatic carbocycles. The Morgan fingerprint density at radius 3 is 2.80 bits per heavy atom. The predicted molar refractivity (Wildman–Crippen MR) is 38.5 cm³/mol. The first-order chi connectivity index (χ1) is 4.84. The van der Waals surface area contributed by atoms with Crippen molar-refractivity contribution in [2.45, 2.75) is 25.5 Å². The molecule has 1 saturated heterocycles. The normalized spacial score (nSPS) is 28.8. The average Bonchev–Trinajstić information content (AvgIpc) is 1.94. The summed E-state index contributed by atoms with van der Waals surface area (Å²) in [5, 5.41) is 17.9. The van der Waals surface area contributed by atoms with E-state index in [1.165, 1.54) is 0 Å². The van der Waals surface area contributed by atoms with E-state index < -0.39 is 0 Å². The number of piperidine rings is 1. The van der Waals surface area contributed by atoms with Crippen LogP contribution in [0.15, 0.2) is 0 Å². The van der Waals surface area contributed by atoms with Crippen LogP contribution in [0, 0.1) is 0 Å². The molecule has 1 fully saturated rings. The molecule has 0 aromatic rings. The second-order valence-electron chi connectivity index (χ2n) is 2.74. The van der Waals surface area contributed by atoms with Crippen molar-refractivity contribution in [2.24, 2.45) is 0 Å². The van der Waals surface area contributed by atoms with Gasteiger partial charge < -0.3 is 10.2 Å². The molecule has 1 heterocycles. The van der Waals surface area contributed by atoms with Crippen LogP contribution in [0.4, 0.5) is 0 Å². The molecule has 0 saturated carbocycles. The summed E-state index contributed by atoms with van der Waals surface area (Å²) in [5.41, 5.74) is 0. The van der Waals surface area contributed by atoms with Gasteiger partial charge in [0.05, 0.1) is 6.61 Å². The second kappa shape index (κ2) is 3.91. The minimum Gasteiger partial charge on any atom is -0.395 e. The summed E-state index contributed by atoms with van der Waals surface area (Å²) in [7, 11) is 0. The van der Waals surface area contributed by atoms with Gasteiger partial charge in [0.2, 0.25) is 0 Å². The zero-order valence-electron chi connectivity index (χ0n) is 6.16. The quantitative estimate of drug-likeness (QED) is 0.564. The van der Waals surface area contributed by atoms with Crippen LogP contribution in [-0.4, -0.2) is 41.0 Å². The molecule has 1 unspecified atom stereocenters. The smallest absolute Gasteiger partial charge is 0.107 e. The van der Waals surface area contributed by atoms with E-state index >= 15 is 0 Å². The third-order valence-corrected chi connectivity index (χ3v) is 1.97. The zero-order valence-corrected chi connectivity index (χ0v) is 6.16. The lowest BCUT2D eigenvalue weighted by molar-refractivity contribution is -0.0308. The Morgan fingerprint density at radius 1 is 1.40 bits per heavy atom. The van der Waals surface area contributed by atoms with Crippen LogP contribution in [0.1, 0.15) is 19.3 Å². The van der Waals surface area contributed by atoms with E-state index in [0.29, 0.717) is 6.54 Å². The maximum absolute atomic E-state index is 9.31. The van der Waals surface area contributed by atoms with Gasteiger partial charge in [-0.25, -0.2) is 0 Å². The molecule has 60 valence electrons. The molecule has 1 rings (SSSR count). The van der Waals surface area contributed by atoms with Crippen molar-refractivity contribution in [3.05, 3.63) is 0 Å². The highest BCUT2D eigenvalue weighted by atomic mass is 16.3. The van der Waals surface area contributed by atoms with E-state index in [1.54, 1.807) is 0 Å². The molecular formula is C7H15NO2. The molecule has 1 atom stereocenters. The first-order valence-corrected chi connectivity index (χ1v) is 3.87. The minimum atomic E-state index is -0.305. The molecule has 1 aliphatic heterocycles. The topological polar surface area (TPSA) is 43.7 Å². The highest BCUT2D eigenvalue weighted by Gasteiger charge is 2.18. The lowest BCUT2D eigenvalue weighted by atomic mass is 10.1. The van der Waals surface area contributed by atoms with Crippen LogP contribution in [0.25, 0.3) is 0 Å². The van der Waals surface area contributed by atoms with Crippen LogP contribution in [0.3, 0.4) is 0 Å². The lowest BCUT2D eigenvalue weighted by Gasteiger charge is -2.31. The van der Waals surface area contributed by atoms with E-state index in [2.05, 4.69) is 0 Å². The Hall–Kier alpha value is -0.120. The van der Waals surface area contributed by atoms with Crippen LogP contribution < -0.4 is 0 Å². The Morgan fingerprint density at radius 2 is 2.20 bits per heavy atom. The van der Waals surface area contributed by atoms with E-state index in [0.717, 1.165) is 25.8 Å². The highest BCUT2D eigenvalue weighted by molar-refractivity contribution is 4.67. The van der Waals surface area contributed by atoms with Crippen LogP contribution in [0.5, 0.6) is 0 Å². The average molecular weight is 145 g/mol. The summed E-state index contributed by atoms with van der Waals surface area (Å²) in [4.78, 5) is 1.92. The molecule has 1 aliphatic rings. The van der Waals surface area contributed by atoms with Crippen molar-refractivity contribution >= 4 is 0 Å². The Labute approximate surface area is 61.3 Å². The van der Waals surface area contributed by atoms with E-state index in [4.69, 9.17) is 5.11 Å². The number of aliphatic hydroxyl groups excluding tert-OH is 2. The number of likely N-dealkylation sites (tertiary alicyclic amines) is 1. The maximum atomic E-state index is 9.31. The first kappa shape index (κ1) is 7.98. The van der Waals surface area contributed by atoms with Gasteiger partial charge in [0.1, 0.15) is 6.23 Å². The molecule has 10 heavy (non-hydrogen) atoms. The second-order valence-corrected chi connectivity index (χ2v) is 2.74. The van der Waals surface area contributed by atoms with Crippen LogP contribution >= 0.6 is 0 Å². The molecule has 3 nitrogen and oxygen atoms in total. The third-order valence-electron chi connectivity index (χ3n) is 1.97. The predicted octanol–water partition coefficient (Wildman–Crippen LogP) is -0.217.